The first-order valence-corrected chi connectivity index (χ1v) is 19.6. The molecule has 8 nitrogen and oxygen atoms in total. The number of aryl methyl sites for hydroxylation is 4. The normalized spacial score (nSPS) is 11.9. The summed E-state index contributed by atoms with van der Waals surface area (Å²) in [6.07, 6.45) is 17.5. The molecule has 0 aliphatic rings. The Kier molecular flexibility index (Phi) is 13.1. The summed E-state index contributed by atoms with van der Waals surface area (Å²) in [4.78, 5) is 0. The van der Waals surface area contributed by atoms with E-state index in [1.807, 2.05) is 50.2 Å². The molecule has 0 radical (unpaired) electrons. The molecule has 0 aliphatic carbocycles. The molecule has 6 rings (SSSR count). The number of hydrogen-bond acceptors (Lipinski definition) is 2. The first-order valence-electron chi connectivity index (χ1n) is 17.3. The first-order chi connectivity index (χ1) is 23.9. The Balaban J connectivity index is 0.000000194. The zero-order valence-electron chi connectivity index (χ0n) is 29.9. The topological polar surface area (TPSA) is 73.7 Å². The number of unbranched alkanes of at least 4 members (excludes halogenated alkanes) is 2. The van der Waals surface area contributed by atoms with Gasteiger partial charge < -0.3 is 0 Å². The van der Waals surface area contributed by atoms with Crippen LogP contribution in [0.25, 0.3) is 11.4 Å². The molecular weight excluding hydrogens is 983 g/mol. The van der Waals surface area contributed by atoms with E-state index in [-0.39, 0.29) is 11.1 Å². The second-order valence-corrected chi connectivity index (χ2v) is 16.1. The van der Waals surface area contributed by atoms with Crippen LogP contribution in [0.1, 0.15) is 89.0 Å². The Labute approximate surface area is 318 Å². The van der Waals surface area contributed by atoms with Crippen LogP contribution in [-0.4, -0.2) is 28.5 Å². The fraction of sp³-hybridized carbons (Fsp3) is 0.400. The van der Waals surface area contributed by atoms with E-state index >= 15 is 0 Å². The molecule has 0 N–H and O–H groups in total. The zero-order valence-corrected chi connectivity index (χ0v) is 34.5. The van der Waals surface area contributed by atoms with Crippen LogP contribution in [0.4, 0.5) is 0 Å². The molecule has 0 unspecified atom stereocenters. The fourth-order valence-electron chi connectivity index (χ4n) is 6.10. The molecule has 0 spiro atoms. The monoisotopic (exact) mass is 1030 g/mol. The van der Waals surface area contributed by atoms with Gasteiger partial charge in [0.15, 0.2) is 0 Å². The van der Waals surface area contributed by atoms with Crippen molar-refractivity contribution in [3.8, 4) is 11.4 Å². The fourth-order valence-corrected chi connectivity index (χ4v) is 8.70. The van der Waals surface area contributed by atoms with Gasteiger partial charge in [0.1, 0.15) is 0 Å². The van der Waals surface area contributed by atoms with Gasteiger partial charge in [-0.2, -0.15) is 0 Å². The van der Waals surface area contributed by atoms with E-state index in [0.29, 0.717) is 0 Å². The second-order valence-electron chi connectivity index (χ2n) is 14.0. The predicted octanol–water partition coefficient (Wildman–Crippen LogP) is 7.93. The van der Waals surface area contributed by atoms with Crippen LogP contribution in [0, 0.1) is 33.6 Å². The molecule has 0 saturated heterocycles. The summed E-state index contributed by atoms with van der Waals surface area (Å²) >= 11 is 4.81. The molecule has 0 amide bonds. The molecule has 4 aromatic heterocycles. The van der Waals surface area contributed by atoms with Gasteiger partial charge >= 0.3 is 321 Å². The standard InChI is InChI=1S/2C20H24N4.2Pt/c2*1-17-15-18(22-21-17)9-7-8-12-20(2,3)24-14-13-23(16-24)19-10-5-4-6-11-19;;/h2*4-6,10,13-15H,7-9,12H2,1-3H3;;/q2*-2;;. The van der Waals surface area contributed by atoms with Crippen molar-refractivity contribution in [2.75, 3.05) is 0 Å². The van der Waals surface area contributed by atoms with Crippen molar-refractivity contribution < 1.29 is 38.7 Å². The molecule has 6 aromatic rings. The summed E-state index contributed by atoms with van der Waals surface area (Å²) in [6, 6.07) is 26.9. The molecule has 10 heteroatoms. The van der Waals surface area contributed by atoms with Crippen LogP contribution in [0.5, 0.6) is 0 Å². The van der Waals surface area contributed by atoms with E-state index in [1.165, 1.54) is 20.5 Å². The first kappa shape index (κ1) is 37.9. The van der Waals surface area contributed by atoms with Gasteiger partial charge in [-0.05, 0) is 0 Å². The van der Waals surface area contributed by atoms with Crippen LogP contribution >= 0.6 is 0 Å². The van der Waals surface area contributed by atoms with Gasteiger partial charge in [-0.1, -0.05) is 0 Å². The van der Waals surface area contributed by atoms with Gasteiger partial charge in [0, 0.05) is 0 Å². The zero-order chi connectivity index (χ0) is 35.7. The van der Waals surface area contributed by atoms with Crippen molar-refractivity contribution in [3.63, 3.8) is 0 Å². The van der Waals surface area contributed by atoms with Gasteiger partial charge in [0.05, 0.1) is 0 Å². The molecule has 272 valence electrons. The quantitative estimate of drug-likeness (QED) is 0.0822. The van der Waals surface area contributed by atoms with Crippen molar-refractivity contribution in [2.45, 2.75) is 104 Å². The number of benzene rings is 2. The number of para-hydroxylation sites is 2. The summed E-state index contributed by atoms with van der Waals surface area (Å²) in [5, 5.41) is 16.5. The molecule has 0 fully saturated rings. The Morgan fingerprint density at radius 2 is 1.04 bits per heavy atom. The van der Waals surface area contributed by atoms with Crippen molar-refractivity contribution in [3.05, 3.63) is 128 Å². The van der Waals surface area contributed by atoms with Crippen LogP contribution in [-0.2, 0) is 62.6 Å². The molecule has 4 heterocycles. The van der Waals surface area contributed by atoms with Gasteiger partial charge in [-0.25, -0.2) is 0 Å². The van der Waals surface area contributed by atoms with Crippen molar-refractivity contribution in [1.29, 1.82) is 0 Å². The van der Waals surface area contributed by atoms with Gasteiger partial charge in [-0.3, -0.25) is 0 Å². The average molecular weight is 1030 g/mol. The third kappa shape index (κ3) is 9.91. The van der Waals surface area contributed by atoms with E-state index in [0.717, 1.165) is 72.7 Å². The average Bonchev–Trinajstić information content (AvgIpc) is 3.90. The minimum absolute atomic E-state index is 0.0741. The Morgan fingerprint density at radius 1 is 0.620 bits per heavy atom. The molecular formula is C40H48N8Pt2-4. The maximum absolute atomic E-state index is 4.20. The van der Waals surface area contributed by atoms with Crippen molar-refractivity contribution >= 4 is 0 Å². The van der Waals surface area contributed by atoms with Crippen LogP contribution < -0.4 is 10.2 Å². The van der Waals surface area contributed by atoms with Crippen molar-refractivity contribution in [1.82, 2.24) is 38.7 Å². The van der Waals surface area contributed by atoms with E-state index < -0.39 is 0 Å². The number of hydrogen-bond donors (Lipinski definition) is 0. The summed E-state index contributed by atoms with van der Waals surface area (Å²) in [7, 11) is 0. The molecule has 0 bridgehead atoms. The summed E-state index contributed by atoms with van der Waals surface area (Å²) in [5.74, 6) is 0. The third-order valence-corrected chi connectivity index (χ3v) is 11.2. The molecule has 0 saturated carbocycles. The van der Waals surface area contributed by atoms with Gasteiger partial charge in [-0.15, -0.1) is 0 Å². The molecule has 0 atom stereocenters. The van der Waals surface area contributed by atoms with Crippen molar-refractivity contribution in [2.24, 2.45) is 0 Å². The number of imidazole rings is 2. The number of nitrogens with zero attached hydrogens (tertiary/aromatic N) is 8. The maximum atomic E-state index is 4.20. The van der Waals surface area contributed by atoms with Crippen LogP contribution in [0.3, 0.4) is 0 Å². The Bertz CT molecular complexity index is 1890. The van der Waals surface area contributed by atoms with Crippen LogP contribution in [0.15, 0.2) is 85.5 Å². The Hall–Kier alpha value is -3.34. The van der Waals surface area contributed by atoms with E-state index in [2.05, 4.69) is 166 Å². The third-order valence-electron chi connectivity index (χ3n) is 9.04. The summed E-state index contributed by atoms with van der Waals surface area (Å²) in [5.41, 5.74) is 6.56. The number of rotatable bonds is 14. The molecule has 50 heavy (non-hydrogen) atoms. The van der Waals surface area contributed by atoms with E-state index in [9.17, 15) is 0 Å². The van der Waals surface area contributed by atoms with E-state index in [4.69, 9.17) is 0 Å². The predicted molar refractivity (Wildman–Crippen MR) is 190 cm³/mol. The van der Waals surface area contributed by atoms with E-state index in [1.54, 1.807) is 0 Å². The minimum atomic E-state index is 0.0741. The van der Waals surface area contributed by atoms with Gasteiger partial charge in [0.25, 0.3) is 0 Å². The molecule has 2 aromatic carbocycles. The summed E-state index contributed by atoms with van der Waals surface area (Å²) in [6.45, 7) is 13.2. The number of aromatic nitrogens is 8. The Morgan fingerprint density at radius 3 is 1.38 bits per heavy atom. The second kappa shape index (κ2) is 17.2. The SMILES string of the molecule is Cc1cc(CCCCC(C)(C)n2ccn(-c3[c-]cccc3)[c]2=[Pt])n[n-]1.Cc1cc(CCCCC(C)(C)n2ccn(-c3[c-]cccc3)[c]2=[Pt])n[n-]1. The summed E-state index contributed by atoms with van der Waals surface area (Å²) < 4.78 is 11.5. The van der Waals surface area contributed by atoms with Crippen LogP contribution in [0.2, 0.25) is 0 Å². The molecule has 0 aliphatic heterocycles. The van der Waals surface area contributed by atoms with Gasteiger partial charge in [0.2, 0.25) is 0 Å².